The molecule has 100 heavy (non-hydrogen) atoms. The number of nitrogens with one attached hydrogen (secondary N) is 2. The number of Topliss-reactive ketones (excluding diaryl/α,β-unsaturated/α-hetero) is 1. The van der Waals surface area contributed by atoms with E-state index in [1.165, 1.54) is 61.2 Å². The van der Waals surface area contributed by atoms with Crippen LogP contribution in [0, 0.1) is 30.6 Å². The van der Waals surface area contributed by atoms with E-state index in [4.69, 9.17) is 20.3 Å². The van der Waals surface area contributed by atoms with Gasteiger partial charge in [0.15, 0.2) is 0 Å². The van der Waals surface area contributed by atoms with Crippen LogP contribution in [0.25, 0.3) is 0 Å². The number of nitrogens with zero attached hydrogens (tertiary/aromatic N) is 4. The van der Waals surface area contributed by atoms with Gasteiger partial charge < -0.3 is 61.0 Å². The van der Waals surface area contributed by atoms with Gasteiger partial charge in [-0.1, -0.05) is 111 Å². The Morgan fingerprint density at radius 1 is 0.540 bits per heavy atom. The van der Waals surface area contributed by atoms with E-state index in [-0.39, 0.29) is 91.0 Å². The third kappa shape index (κ3) is 21.1. The molecule has 10 aliphatic rings. The molecule has 5 aromatic rings. The number of hydrogen-bond donors (Lipinski definition) is 5. The van der Waals surface area contributed by atoms with Crippen molar-refractivity contribution in [3.8, 4) is 0 Å². The number of methoxy groups -OCH3 is 2. The Bertz CT molecular complexity index is 3570. The number of amides is 3. The zero-order valence-corrected chi connectivity index (χ0v) is 60.0. The molecule has 0 bridgehead atoms. The number of ether oxygens (including phenoxy) is 3. The van der Waals surface area contributed by atoms with Crippen LogP contribution in [0.4, 0.5) is 21.9 Å². The molecule has 5 aromatic carbocycles. The number of para-hydroxylation sites is 3. The van der Waals surface area contributed by atoms with Crippen molar-refractivity contribution in [3.63, 3.8) is 0 Å². The second-order valence-electron chi connectivity index (χ2n) is 29.5. The van der Waals surface area contributed by atoms with E-state index in [0.717, 1.165) is 100 Å². The van der Waals surface area contributed by atoms with Crippen molar-refractivity contribution in [1.82, 2.24) is 15.5 Å². The van der Waals surface area contributed by atoms with Crippen molar-refractivity contribution < 1.29 is 87.1 Å². The number of anilines is 3. The van der Waals surface area contributed by atoms with Crippen LogP contribution in [-0.2, 0) is 54.2 Å². The van der Waals surface area contributed by atoms with Crippen molar-refractivity contribution in [2.24, 2.45) is 32.8 Å². The first-order valence-electron chi connectivity index (χ1n) is 34.0. The van der Waals surface area contributed by atoms with E-state index in [2.05, 4.69) is 76.9 Å². The van der Waals surface area contributed by atoms with Crippen molar-refractivity contribution in [1.29, 1.82) is 0 Å². The fraction of sp³-hybridized carbons (Fsp3) is 0.506. The number of benzene rings is 5. The van der Waals surface area contributed by atoms with Gasteiger partial charge in [-0.3, -0.25) is 24.1 Å². The predicted molar refractivity (Wildman–Crippen MR) is 386 cm³/mol. The minimum Gasteiger partial charge on any atom is -0.870 e. The zero-order chi connectivity index (χ0) is 69.3. The molecule has 1 unspecified atom stereocenters. The largest absolute Gasteiger partial charge is 1.00 e. The number of esters is 2. The van der Waals surface area contributed by atoms with Crippen LogP contribution >= 0.6 is 22.6 Å². The number of carboxylic acids is 2. The number of carboxylic acid groups (broad SMARTS) is 2. The van der Waals surface area contributed by atoms with Crippen molar-refractivity contribution >= 4 is 87.2 Å². The van der Waals surface area contributed by atoms with Gasteiger partial charge in [0, 0.05) is 59.8 Å². The molecule has 5 saturated carbocycles. The van der Waals surface area contributed by atoms with Crippen LogP contribution in [0.2, 0.25) is 0 Å². The SMILES string of the molecule is C.CC(C)(C)OC(=O)N1CC2(CC2)C[C@H]1C(=O)O.COC(=O)[C@@H]1CC2(CC2)CN1.COC(=O)[C@@H]1CC2(CC2)CN1c1ccccc1.Ic1ccccc1.NC(=O)C(=O)C(Cc1ccccc1)NC(=O)[C@@H]1CC2(CC2)CN1c1ccccc1.O=C(O)[C@@H]1CC2(CC2)CN1c1ccccc1.[Li+].[OH-]. The Labute approximate surface area is 614 Å². The van der Waals surface area contributed by atoms with Crippen LogP contribution in [-0.4, -0.2) is 157 Å². The first-order chi connectivity index (χ1) is 46.3. The van der Waals surface area contributed by atoms with Crippen LogP contribution in [0.5, 0.6) is 0 Å². The molecular formula is C77H99ILiN7O14. The third-order valence-electron chi connectivity index (χ3n) is 20.8. The summed E-state index contributed by atoms with van der Waals surface area (Å²) >= 11 is 2.28. The number of aliphatic carboxylic acids is 2. The number of likely N-dealkylation sites (tertiary alicyclic amines) is 1. The van der Waals surface area contributed by atoms with Crippen molar-refractivity contribution in [3.05, 3.63) is 161 Å². The molecule has 7 N–H and O–H groups in total. The van der Waals surface area contributed by atoms with Gasteiger partial charge in [0.1, 0.15) is 41.9 Å². The molecule has 5 saturated heterocycles. The van der Waals surface area contributed by atoms with Crippen molar-refractivity contribution in [2.45, 2.75) is 173 Å². The Balaban J connectivity index is 0.000000175. The van der Waals surface area contributed by atoms with Gasteiger partial charge in [0.25, 0.3) is 5.91 Å². The fourth-order valence-corrected chi connectivity index (χ4v) is 14.7. The molecule has 5 heterocycles. The van der Waals surface area contributed by atoms with Gasteiger partial charge in [-0.25, -0.2) is 19.2 Å². The maximum Gasteiger partial charge on any atom is 1.00 e. The minimum absolute atomic E-state index is 0. The molecule has 23 heteroatoms. The van der Waals surface area contributed by atoms with Crippen molar-refractivity contribution in [2.75, 3.05) is 61.6 Å². The Morgan fingerprint density at radius 3 is 1.28 bits per heavy atom. The summed E-state index contributed by atoms with van der Waals surface area (Å²) in [7, 11) is 2.92. The summed E-state index contributed by atoms with van der Waals surface area (Å²) in [4.78, 5) is 102. The Hall–Kier alpha value is -7.49. The monoisotopic (exact) mass is 1480 g/mol. The summed E-state index contributed by atoms with van der Waals surface area (Å²) in [6, 6.07) is 46.9. The molecule has 3 amide bonds. The number of hydrogen-bond acceptors (Lipinski definition) is 16. The van der Waals surface area contributed by atoms with Crippen LogP contribution < -0.4 is 49.9 Å². The molecule has 10 fully saturated rings. The number of carbonyl (C=O) groups excluding carboxylic acids is 6. The molecule has 21 nitrogen and oxygen atoms in total. The number of primary amides is 1. The number of carbonyl (C=O) groups is 8. The number of halogens is 1. The van der Waals surface area contributed by atoms with E-state index in [1.807, 2.05) is 127 Å². The number of nitrogens with two attached hydrogens (primary N) is 1. The second kappa shape index (κ2) is 34.0. The van der Waals surface area contributed by atoms with Gasteiger partial charge in [-0.15, -0.1) is 0 Å². The van der Waals surface area contributed by atoms with Crippen LogP contribution in [0.1, 0.15) is 130 Å². The summed E-state index contributed by atoms with van der Waals surface area (Å²) in [5, 5.41) is 24.4. The third-order valence-corrected chi connectivity index (χ3v) is 21.5. The van der Waals surface area contributed by atoms with E-state index in [0.29, 0.717) is 29.2 Å². The maximum atomic E-state index is 13.2. The number of rotatable bonds is 13. The molecule has 15 rings (SSSR count). The smallest absolute Gasteiger partial charge is 0.870 e. The van der Waals surface area contributed by atoms with Crippen LogP contribution in [0.15, 0.2) is 152 Å². The molecule has 0 radical (unpaired) electrons. The second-order valence-corrected chi connectivity index (χ2v) is 30.8. The molecule has 534 valence electrons. The van der Waals surface area contributed by atoms with Gasteiger partial charge in [0.2, 0.25) is 11.7 Å². The predicted octanol–water partition coefficient (Wildman–Crippen LogP) is 8.09. The van der Waals surface area contributed by atoms with E-state index in [9.17, 15) is 43.5 Å². The molecule has 5 aliphatic carbocycles. The zero-order valence-electron chi connectivity index (χ0n) is 57.8. The average molecular weight is 1480 g/mol. The Morgan fingerprint density at radius 2 is 0.910 bits per heavy atom. The molecular weight excluding hydrogens is 1380 g/mol. The van der Waals surface area contributed by atoms with E-state index < -0.39 is 47.4 Å². The molecule has 0 aromatic heterocycles. The van der Waals surface area contributed by atoms with E-state index in [1.54, 1.807) is 20.8 Å². The first kappa shape index (κ1) is 79.8. The normalized spacial score (nSPS) is 22.9. The molecule has 5 aliphatic heterocycles. The average Bonchev–Trinajstić information content (AvgIpc) is 1.62. The van der Waals surface area contributed by atoms with Gasteiger partial charge in [-0.05, 0) is 221 Å². The maximum absolute atomic E-state index is 13.2. The summed E-state index contributed by atoms with van der Waals surface area (Å²) in [5.74, 6) is -3.85. The summed E-state index contributed by atoms with van der Waals surface area (Å²) < 4.78 is 16.1. The van der Waals surface area contributed by atoms with Gasteiger partial charge >= 0.3 is 48.8 Å². The quantitative estimate of drug-likeness (QED) is 0.0244. The summed E-state index contributed by atoms with van der Waals surface area (Å²) in [6.07, 6.45) is 15.6. The van der Waals surface area contributed by atoms with Gasteiger partial charge in [0.05, 0.1) is 14.2 Å². The standard InChI is InChI=1S/C23H25N3O3.C14H17NO2.C13H15NO2.C12H19NO4.C8H13NO2.C6H5I.CH4.Li.H2O/c24-21(28)20(27)18(13-16-7-3-1-4-8-16)25-22(29)19-14-23(11-12-23)15-26(19)17-9-5-2-6-10-17;1-17-13(16)12-9-14(7-8-14)10-15(12)11-5-3-2-4-6-11;15-12(16)11-8-13(6-7-13)9-14(11)10-4-2-1-3-5-10;1-11(2,3)17-10(16)13-7-12(4-5-12)6-8(13)9(14)15;1-11-7(10)6-4-8(2-3-8)5-9-6;7-6-4-2-1-3-5-6;;;/h1-10,18-19H,11-15H2,(H2,24,28)(H,25,29);2-6,12H,7-10H2,1H3;1-5,11H,6-9H2,(H,15,16);8H,4-7H2,1-3H3,(H,14,15);6,9H,2-5H2,1H3;1-5H;1H4;;1H2/q;;;;;;;+1;/p-1/t18?,19-;12-;11-;8-;6-;;;;/m00000..../s1. The topological polar surface area (TPSA) is 298 Å². The summed E-state index contributed by atoms with van der Waals surface area (Å²) in [6.45, 7) is 9.62. The minimum atomic E-state index is -1.03. The van der Waals surface area contributed by atoms with E-state index >= 15 is 0 Å². The Kier molecular flexibility index (Phi) is 27.1. The molecule has 6 atom stereocenters. The van der Waals surface area contributed by atoms with Crippen LogP contribution in [0.3, 0.4) is 0 Å². The summed E-state index contributed by atoms with van der Waals surface area (Å²) in [5.41, 5.74) is 10.2. The fourth-order valence-electron chi connectivity index (χ4n) is 14.3. The van der Waals surface area contributed by atoms with Gasteiger partial charge in [-0.2, -0.15) is 0 Å². The molecule has 5 spiro atoms. The number of ketones is 1. The first-order valence-corrected chi connectivity index (χ1v) is 35.1.